The number of hydrogen-bond donors (Lipinski definition) is 1. The summed E-state index contributed by atoms with van der Waals surface area (Å²) in [6.45, 7) is 5.03. The Kier molecular flexibility index (Phi) is 5.59. The second kappa shape index (κ2) is 8.06. The zero-order valence-corrected chi connectivity index (χ0v) is 14.1. The van der Waals surface area contributed by atoms with Gasteiger partial charge in [-0.25, -0.2) is 0 Å². The van der Waals surface area contributed by atoms with Gasteiger partial charge < -0.3 is 9.73 Å². The monoisotopic (exact) mass is 328 g/mol. The van der Waals surface area contributed by atoms with Gasteiger partial charge in [-0.1, -0.05) is 37.3 Å². The zero-order valence-electron chi connectivity index (χ0n) is 14.1. The van der Waals surface area contributed by atoms with Crippen molar-refractivity contribution in [3.8, 4) is 0 Å². The number of nitrogens with one attached hydrogen (secondary N) is 1. The maximum atomic E-state index is 12.3. The van der Waals surface area contributed by atoms with Gasteiger partial charge in [0.1, 0.15) is 0 Å². The van der Waals surface area contributed by atoms with Crippen molar-refractivity contribution >= 4 is 5.91 Å². The molecule has 2 heterocycles. The van der Waals surface area contributed by atoms with Gasteiger partial charge in [0.25, 0.3) is 0 Å². The van der Waals surface area contributed by atoms with Gasteiger partial charge in [-0.15, -0.1) is 10.2 Å². The molecular formula is C18H24N4O2. The number of hydrogen-bond acceptors (Lipinski definition) is 5. The molecule has 0 atom stereocenters. The van der Waals surface area contributed by atoms with Crippen molar-refractivity contribution in [3.05, 3.63) is 47.7 Å². The van der Waals surface area contributed by atoms with Crippen LogP contribution in [0, 0.1) is 5.92 Å². The predicted molar refractivity (Wildman–Crippen MR) is 90.0 cm³/mol. The highest BCUT2D eigenvalue weighted by atomic mass is 16.4. The summed E-state index contributed by atoms with van der Waals surface area (Å²) < 4.78 is 5.55. The molecule has 6 heteroatoms. The Hall–Kier alpha value is -2.21. The van der Waals surface area contributed by atoms with Crippen molar-refractivity contribution in [1.82, 2.24) is 20.4 Å². The van der Waals surface area contributed by atoms with Gasteiger partial charge in [-0.3, -0.25) is 9.69 Å². The number of aromatic nitrogens is 2. The largest absolute Gasteiger partial charge is 0.424 e. The van der Waals surface area contributed by atoms with Crippen molar-refractivity contribution in [2.45, 2.75) is 39.3 Å². The fourth-order valence-corrected chi connectivity index (χ4v) is 2.97. The third kappa shape index (κ3) is 4.41. The van der Waals surface area contributed by atoms with Crippen LogP contribution in [-0.4, -0.2) is 34.1 Å². The SMILES string of the molecule is CCc1nnc(CN2CCC(C(=O)NCc3ccccc3)CC2)o1. The molecule has 6 nitrogen and oxygen atoms in total. The first kappa shape index (κ1) is 16.6. The second-order valence-corrected chi connectivity index (χ2v) is 6.20. The van der Waals surface area contributed by atoms with Crippen LogP contribution in [0.25, 0.3) is 0 Å². The normalized spacial score (nSPS) is 16.2. The molecule has 0 aliphatic carbocycles. The fourth-order valence-electron chi connectivity index (χ4n) is 2.97. The van der Waals surface area contributed by atoms with E-state index in [1.807, 2.05) is 37.3 Å². The minimum atomic E-state index is 0.0962. The van der Waals surface area contributed by atoms with E-state index in [0.29, 0.717) is 24.9 Å². The van der Waals surface area contributed by atoms with E-state index in [2.05, 4.69) is 20.4 Å². The topological polar surface area (TPSA) is 71.3 Å². The van der Waals surface area contributed by atoms with Crippen molar-refractivity contribution < 1.29 is 9.21 Å². The quantitative estimate of drug-likeness (QED) is 0.880. The summed E-state index contributed by atoms with van der Waals surface area (Å²) >= 11 is 0. The van der Waals surface area contributed by atoms with Crippen LogP contribution in [0.15, 0.2) is 34.7 Å². The number of aryl methyl sites for hydroxylation is 1. The lowest BCUT2D eigenvalue weighted by molar-refractivity contribution is -0.126. The smallest absolute Gasteiger partial charge is 0.230 e. The van der Waals surface area contributed by atoms with Gasteiger partial charge in [-0.2, -0.15) is 0 Å². The van der Waals surface area contributed by atoms with Crippen molar-refractivity contribution in [1.29, 1.82) is 0 Å². The van der Waals surface area contributed by atoms with Gasteiger partial charge in [0.05, 0.1) is 6.54 Å². The molecule has 1 aliphatic rings. The van der Waals surface area contributed by atoms with E-state index in [1.54, 1.807) is 0 Å². The number of likely N-dealkylation sites (tertiary alicyclic amines) is 1. The van der Waals surface area contributed by atoms with Crippen LogP contribution in [0.5, 0.6) is 0 Å². The molecular weight excluding hydrogens is 304 g/mol. The third-order valence-electron chi connectivity index (χ3n) is 4.44. The summed E-state index contributed by atoms with van der Waals surface area (Å²) in [7, 11) is 0. The van der Waals surface area contributed by atoms with Crippen molar-refractivity contribution in [3.63, 3.8) is 0 Å². The van der Waals surface area contributed by atoms with Crippen LogP contribution in [0.1, 0.15) is 37.1 Å². The molecule has 1 fully saturated rings. The highest BCUT2D eigenvalue weighted by Gasteiger charge is 2.25. The number of nitrogens with zero attached hydrogens (tertiary/aromatic N) is 3. The molecule has 1 aromatic heterocycles. The second-order valence-electron chi connectivity index (χ2n) is 6.20. The van der Waals surface area contributed by atoms with Crippen LogP contribution in [-0.2, 0) is 24.3 Å². The number of amides is 1. The molecule has 128 valence electrons. The van der Waals surface area contributed by atoms with Gasteiger partial charge in [0.15, 0.2) is 0 Å². The maximum Gasteiger partial charge on any atom is 0.230 e. The highest BCUT2D eigenvalue weighted by Crippen LogP contribution is 2.19. The summed E-state index contributed by atoms with van der Waals surface area (Å²) in [4.78, 5) is 14.6. The predicted octanol–water partition coefficient (Wildman–Crippen LogP) is 2.16. The first-order chi connectivity index (χ1) is 11.7. The molecule has 0 bridgehead atoms. The van der Waals surface area contributed by atoms with Crippen LogP contribution in [0.4, 0.5) is 0 Å². The minimum Gasteiger partial charge on any atom is -0.424 e. The van der Waals surface area contributed by atoms with Gasteiger partial charge in [-0.05, 0) is 31.5 Å². The van der Waals surface area contributed by atoms with E-state index in [-0.39, 0.29) is 11.8 Å². The molecule has 1 saturated heterocycles. The average molecular weight is 328 g/mol. The lowest BCUT2D eigenvalue weighted by Gasteiger charge is -2.30. The molecule has 0 unspecified atom stereocenters. The lowest BCUT2D eigenvalue weighted by Crippen LogP contribution is -2.40. The third-order valence-corrected chi connectivity index (χ3v) is 4.44. The highest BCUT2D eigenvalue weighted by molar-refractivity contribution is 5.78. The Morgan fingerprint density at radius 2 is 1.92 bits per heavy atom. The van der Waals surface area contributed by atoms with E-state index >= 15 is 0 Å². The van der Waals surface area contributed by atoms with Crippen LogP contribution in [0.3, 0.4) is 0 Å². The van der Waals surface area contributed by atoms with Crippen molar-refractivity contribution in [2.75, 3.05) is 13.1 Å². The molecule has 1 aliphatic heterocycles. The number of piperidine rings is 1. The van der Waals surface area contributed by atoms with Gasteiger partial charge >= 0.3 is 0 Å². The number of rotatable bonds is 6. The molecule has 0 radical (unpaired) electrons. The van der Waals surface area contributed by atoms with Crippen LogP contribution in [0.2, 0.25) is 0 Å². The molecule has 0 saturated carbocycles. The molecule has 1 amide bonds. The molecule has 0 spiro atoms. The summed E-state index contributed by atoms with van der Waals surface area (Å²) in [6.07, 6.45) is 2.50. The Labute approximate surface area is 142 Å². The summed E-state index contributed by atoms with van der Waals surface area (Å²) in [5.74, 6) is 1.60. The first-order valence-electron chi connectivity index (χ1n) is 8.60. The first-order valence-corrected chi connectivity index (χ1v) is 8.60. The summed E-state index contributed by atoms with van der Waals surface area (Å²) in [5, 5.41) is 11.1. The summed E-state index contributed by atoms with van der Waals surface area (Å²) in [5.41, 5.74) is 1.13. The van der Waals surface area contributed by atoms with Crippen LogP contribution >= 0.6 is 0 Å². The molecule has 3 rings (SSSR count). The standard InChI is InChI=1S/C18H24N4O2/c1-2-16-20-21-17(24-16)13-22-10-8-15(9-11-22)18(23)19-12-14-6-4-3-5-7-14/h3-7,15H,2,8-13H2,1H3,(H,19,23). The Bertz CT molecular complexity index is 648. The van der Waals surface area contributed by atoms with E-state index in [9.17, 15) is 4.79 Å². The fraction of sp³-hybridized carbons (Fsp3) is 0.500. The van der Waals surface area contributed by atoms with E-state index in [4.69, 9.17) is 4.42 Å². The van der Waals surface area contributed by atoms with Crippen molar-refractivity contribution in [2.24, 2.45) is 5.92 Å². The zero-order chi connectivity index (χ0) is 16.8. The Morgan fingerprint density at radius 1 is 1.21 bits per heavy atom. The average Bonchev–Trinajstić information content (AvgIpc) is 3.09. The summed E-state index contributed by atoms with van der Waals surface area (Å²) in [6, 6.07) is 10.0. The van der Waals surface area contributed by atoms with Gasteiger partial charge in [0, 0.05) is 18.9 Å². The number of carbonyl (C=O) groups excluding carboxylic acids is 1. The maximum absolute atomic E-state index is 12.3. The van der Waals surface area contributed by atoms with E-state index in [0.717, 1.165) is 37.9 Å². The molecule has 1 N–H and O–H groups in total. The lowest BCUT2D eigenvalue weighted by atomic mass is 9.96. The van der Waals surface area contributed by atoms with Crippen LogP contribution < -0.4 is 5.32 Å². The van der Waals surface area contributed by atoms with E-state index < -0.39 is 0 Å². The number of benzene rings is 1. The molecule has 1 aromatic carbocycles. The Balaban J connectivity index is 1.42. The number of carbonyl (C=O) groups is 1. The molecule has 2 aromatic rings. The van der Waals surface area contributed by atoms with Gasteiger partial charge in [0.2, 0.25) is 17.7 Å². The molecule has 24 heavy (non-hydrogen) atoms. The van der Waals surface area contributed by atoms with E-state index in [1.165, 1.54) is 0 Å². The minimum absolute atomic E-state index is 0.0962. The Morgan fingerprint density at radius 3 is 2.58 bits per heavy atom.